The first-order valence-electron chi connectivity index (χ1n) is 14.2. The lowest BCUT2D eigenvalue weighted by Gasteiger charge is -2.35. The summed E-state index contributed by atoms with van der Waals surface area (Å²) in [7, 11) is 0. The Kier molecular flexibility index (Phi) is 10.3. The maximum atomic E-state index is 13.7. The van der Waals surface area contributed by atoms with Crippen LogP contribution in [-0.4, -0.2) is 75.1 Å². The van der Waals surface area contributed by atoms with Gasteiger partial charge in [0.25, 0.3) is 5.91 Å². The summed E-state index contributed by atoms with van der Waals surface area (Å²) in [5.74, 6) is -9.39. The van der Waals surface area contributed by atoms with Crippen LogP contribution >= 0.6 is 0 Å². The number of carbonyl (C=O) groups is 4. The van der Waals surface area contributed by atoms with Crippen LogP contribution in [0.5, 0.6) is 0 Å². The standard InChI is InChI=1S/C34H35NO9/c1-3-8-24-11-7-12-27(19-24)25-14-16-26(17-15-25)28(18-13-23-9-5-4-6-10-23)22(2)35(20-30(36)37)31(38)29-21-43-34(44-29,32(39)40)33(41)42/h3-12,14-17,19,22,28-29H,13,18,20-21H2,1-2H3,(H,36,37)(H,39,40)(H,41,42)/b8-3-. The van der Waals surface area contributed by atoms with Crippen LogP contribution in [-0.2, 0) is 35.1 Å². The molecule has 1 aliphatic rings. The lowest BCUT2D eigenvalue weighted by Crippen LogP contribution is -2.52. The molecule has 1 heterocycles. The average Bonchev–Trinajstić information content (AvgIpc) is 3.48. The molecule has 10 heteroatoms. The highest BCUT2D eigenvalue weighted by Gasteiger charge is 2.58. The van der Waals surface area contributed by atoms with E-state index >= 15 is 0 Å². The van der Waals surface area contributed by atoms with Crippen LogP contribution in [0.25, 0.3) is 17.2 Å². The third-order valence-corrected chi connectivity index (χ3v) is 7.75. The number of ether oxygens (including phenoxy) is 2. The fourth-order valence-corrected chi connectivity index (χ4v) is 5.46. The van der Waals surface area contributed by atoms with E-state index < -0.39 is 54.9 Å². The van der Waals surface area contributed by atoms with Crippen LogP contribution in [0, 0.1) is 0 Å². The van der Waals surface area contributed by atoms with Gasteiger partial charge in [0, 0.05) is 12.0 Å². The highest BCUT2D eigenvalue weighted by Crippen LogP contribution is 2.33. The van der Waals surface area contributed by atoms with Gasteiger partial charge in [0.1, 0.15) is 6.54 Å². The van der Waals surface area contributed by atoms with Crippen molar-refractivity contribution in [2.75, 3.05) is 13.2 Å². The summed E-state index contributed by atoms with van der Waals surface area (Å²) in [5, 5.41) is 28.6. The molecule has 44 heavy (non-hydrogen) atoms. The van der Waals surface area contributed by atoms with E-state index in [1.807, 2.05) is 91.9 Å². The number of hydrogen-bond acceptors (Lipinski definition) is 6. The van der Waals surface area contributed by atoms with Crippen molar-refractivity contribution in [2.45, 2.75) is 50.5 Å². The summed E-state index contributed by atoms with van der Waals surface area (Å²) < 4.78 is 10.1. The van der Waals surface area contributed by atoms with Crippen LogP contribution < -0.4 is 0 Å². The summed E-state index contributed by atoms with van der Waals surface area (Å²) in [6, 6.07) is 25.0. The Bertz CT molecular complexity index is 1500. The molecule has 3 atom stereocenters. The van der Waals surface area contributed by atoms with E-state index in [0.29, 0.717) is 12.8 Å². The van der Waals surface area contributed by atoms with E-state index in [2.05, 4.69) is 6.07 Å². The topological polar surface area (TPSA) is 151 Å². The lowest BCUT2D eigenvalue weighted by molar-refractivity contribution is -0.218. The summed E-state index contributed by atoms with van der Waals surface area (Å²) in [6.07, 6.45) is 3.56. The Balaban J connectivity index is 1.66. The van der Waals surface area contributed by atoms with Gasteiger partial charge in [-0.25, -0.2) is 9.59 Å². The SMILES string of the molecule is C/C=C\c1cccc(-c2ccc(C(CCc3ccccc3)C(C)N(CC(=O)O)C(=O)C3COC(C(=O)O)(C(=O)O)O3)cc2)c1. The van der Waals surface area contributed by atoms with E-state index in [1.165, 1.54) is 0 Å². The molecule has 4 rings (SSSR count). The lowest BCUT2D eigenvalue weighted by atomic mass is 9.85. The Morgan fingerprint density at radius 3 is 2.20 bits per heavy atom. The fourth-order valence-electron chi connectivity index (χ4n) is 5.46. The van der Waals surface area contributed by atoms with Gasteiger partial charge in [-0.3, -0.25) is 9.59 Å². The third kappa shape index (κ3) is 7.21. The van der Waals surface area contributed by atoms with Gasteiger partial charge in [0.05, 0.1) is 6.61 Å². The summed E-state index contributed by atoms with van der Waals surface area (Å²) in [4.78, 5) is 50.0. The predicted molar refractivity (Wildman–Crippen MR) is 162 cm³/mol. The second-order valence-corrected chi connectivity index (χ2v) is 10.6. The minimum Gasteiger partial charge on any atom is -0.480 e. The predicted octanol–water partition coefficient (Wildman–Crippen LogP) is 4.69. The number of carbonyl (C=O) groups excluding carboxylic acids is 1. The number of aryl methyl sites for hydroxylation is 1. The number of amides is 1. The van der Waals surface area contributed by atoms with Gasteiger partial charge in [-0.05, 0) is 60.6 Å². The number of carboxylic acid groups (broad SMARTS) is 3. The molecule has 0 saturated carbocycles. The molecule has 0 radical (unpaired) electrons. The molecule has 0 aromatic heterocycles. The quantitative estimate of drug-likeness (QED) is 0.237. The zero-order valence-corrected chi connectivity index (χ0v) is 24.5. The number of allylic oxidation sites excluding steroid dienone is 1. The minimum absolute atomic E-state index is 0.340. The molecule has 0 bridgehead atoms. The van der Waals surface area contributed by atoms with E-state index in [0.717, 1.165) is 32.7 Å². The van der Waals surface area contributed by atoms with Crippen molar-refractivity contribution in [1.82, 2.24) is 4.90 Å². The summed E-state index contributed by atoms with van der Waals surface area (Å²) in [5.41, 5.74) is 5.03. The second kappa shape index (κ2) is 14.1. The number of hydrogen-bond donors (Lipinski definition) is 3. The van der Waals surface area contributed by atoms with Crippen molar-refractivity contribution in [2.24, 2.45) is 0 Å². The number of rotatable bonds is 13. The van der Waals surface area contributed by atoms with Crippen LogP contribution in [0.3, 0.4) is 0 Å². The number of carboxylic acids is 3. The molecule has 3 aromatic rings. The normalized spacial score (nSPS) is 17.2. The van der Waals surface area contributed by atoms with Gasteiger partial charge in [0.2, 0.25) is 0 Å². The smallest absolute Gasteiger partial charge is 0.377 e. The van der Waals surface area contributed by atoms with Gasteiger partial charge in [-0.2, -0.15) is 0 Å². The number of aliphatic carboxylic acids is 3. The molecule has 1 saturated heterocycles. The molecule has 1 fully saturated rings. The number of benzene rings is 3. The van der Waals surface area contributed by atoms with Crippen molar-refractivity contribution < 1.29 is 44.0 Å². The Morgan fingerprint density at radius 2 is 1.61 bits per heavy atom. The van der Waals surface area contributed by atoms with Crippen LogP contribution in [0.4, 0.5) is 0 Å². The zero-order chi connectivity index (χ0) is 31.9. The van der Waals surface area contributed by atoms with Crippen LogP contribution in [0.1, 0.15) is 42.9 Å². The highest BCUT2D eigenvalue weighted by atomic mass is 16.8. The molecule has 3 unspecified atom stereocenters. The molecule has 0 spiro atoms. The average molecular weight is 602 g/mol. The van der Waals surface area contributed by atoms with Gasteiger partial charge in [-0.15, -0.1) is 0 Å². The summed E-state index contributed by atoms with van der Waals surface area (Å²) >= 11 is 0. The highest BCUT2D eigenvalue weighted by molar-refractivity contribution is 6.01. The third-order valence-electron chi connectivity index (χ3n) is 7.75. The fraction of sp³-hybridized carbons (Fsp3) is 0.294. The van der Waals surface area contributed by atoms with E-state index in [-0.39, 0.29) is 5.92 Å². The Morgan fingerprint density at radius 1 is 0.932 bits per heavy atom. The Labute approximate surface area is 255 Å². The molecule has 10 nitrogen and oxygen atoms in total. The van der Waals surface area contributed by atoms with Gasteiger partial charge < -0.3 is 29.7 Å². The van der Waals surface area contributed by atoms with Crippen LogP contribution in [0.2, 0.25) is 0 Å². The molecule has 1 aliphatic heterocycles. The van der Waals surface area contributed by atoms with Crippen LogP contribution in [0.15, 0.2) is 84.9 Å². The summed E-state index contributed by atoms with van der Waals surface area (Å²) in [6.45, 7) is 2.32. The molecule has 230 valence electrons. The van der Waals surface area contributed by atoms with Crippen molar-refractivity contribution in [3.05, 3.63) is 102 Å². The first kappa shape index (κ1) is 32.1. The maximum absolute atomic E-state index is 13.7. The first-order valence-corrected chi connectivity index (χ1v) is 14.2. The number of nitrogens with zero attached hydrogens (tertiary/aromatic N) is 1. The van der Waals surface area contributed by atoms with Crippen molar-refractivity contribution >= 4 is 29.9 Å². The first-order chi connectivity index (χ1) is 21.1. The largest absolute Gasteiger partial charge is 0.480 e. The van der Waals surface area contributed by atoms with Crippen molar-refractivity contribution in [1.29, 1.82) is 0 Å². The second-order valence-electron chi connectivity index (χ2n) is 10.6. The molecule has 3 aromatic carbocycles. The van der Waals surface area contributed by atoms with E-state index in [1.54, 1.807) is 6.92 Å². The van der Waals surface area contributed by atoms with Crippen molar-refractivity contribution in [3.8, 4) is 11.1 Å². The van der Waals surface area contributed by atoms with Gasteiger partial charge >= 0.3 is 23.7 Å². The molecule has 1 amide bonds. The molecule has 0 aliphatic carbocycles. The van der Waals surface area contributed by atoms with E-state index in [9.17, 15) is 34.5 Å². The molecular formula is C34H35NO9. The zero-order valence-electron chi connectivity index (χ0n) is 24.5. The monoisotopic (exact) mass is 601 g/mol. The van der Waals surface area contributed by atoms with Gasteiger partial charge in [0.15, 0.2) is 6.10 Å². The Hall–Kier alpha value is -4.80. The van der Waals surface area contributed by atoms with E-state index in [4.69, 9.17) is 9.47 Å². The molecule has 3 N–H and O–H groups in total. The minimum atomic E-state index is -3.05. The van der Waals surface area contributed by atoms with Gasteiger partial charge in [-0.1, -0.05) is 84.9 Å². The van der Waals surface area contributed by atoms with Crippen molar-refractivity contribution in [3.63, 3.8) is 0 Å². The molecular weight excluding hydrogens is 566 g/mol. The maximum Gasteiger partial charge on any atom is 0.377 e.